The van der Waals surface area contributed by atoms with Gasteiger partial charge in [0.2, 0.25) is 21.8 Å². The maximum Gasteiger partial charge on any atom is 0.243 e. The molecule has 0 spiro atoms. The van der Waals surface area contributed by atoms with E-state index < -0.39 is 10.0 Å². The monoisotopic (exact) mass is 483 g/mol. The van der Waals surface area contributed by atoms with Gasteiger partial charge in [-0.15, -0.1) is 0 Å². The number of amides is 2. The standard InChI is InChI=1S/C21H30ClN5O4S/c22-17-1-5-19(6-2-17)32(30,31)27-13-11-26(12-14-27)21(29)16-25-9-7-24(8-10-25)15-20(28)23-18-3-4-18/h1-2,5-6,18H,3-4,7-16H2,(H,23,28). The third-order valence-corrected chi connectivity index (χ3v) is 8.34. The maximum absolute atomic E-state index is 12.8. The van der Waals surface area contributed by atoms with E-state index in [1.807, 2.05) is 0 Å². The summed E-state index contributed by atoms with van der Waals surface area (Å²) < 4.78 is 27.0. The lowest BCUT2D eigenvalue weighted by Crippen LogP contribution is -2.55. The van der Waals surface area contributed by atoms with Gasteiger partial charge < -0.3 is 10.2 Å². The molecule has 1 saturated carbocycles. The van der Waals surface area contributed by atoms with Crippen LogP contribution in [0.5, 0.6) is 0 Å². The van der Waals surface area contributed by atoms with Crippen LogP contribution in [0.2, 0.25) is 5.02 Å². The van der Waals surface area contributed by atoms with Crippen LogP contribution >= 0.6 is 11.6 Å². The van der Waals surface area contributed by atoms with E-state index in [-0.39, 0.29) is 29.8 Å². The van der Waals surface area contributed by atoms with E-state index in [1.165, 1.54) is 16.4 Å². The third kappa shape index (κ3) is 5.99. The number of benzene rings is 1. The van der Waals surface area contributed by atoms with Crippen LogP contribution in [-0.4, -0.2) is 111 Å². The quantitative estimate of drug-likeness (QED) is 0.590. The molecule has 3 fully saturated rings. The molecular weight excluding hydrogens is 454 g/mol. The number of rotatable bonds is 7. The minimum Gasteiger partial charge on any atom is -0.352 e. The van der Waals surface area contributed by atoms with E-state index in [9.17, 15) is 18.0 Å². The zero-order valence-corrected chi connectivity index (χ0v) is 19.7. The van der Waals surface area contributed by atoms with E-state index in [2.05, 4.69) is 15.1 Å². The molecule has 3 aliphatic rings. The highest BCUT2D eigenvalue weighted by Crippen LogP contribution is 2.20. The second kappa shape index (κ2) is 10.0. The Morgan fingerprint density at radius 2 is 1.44 bits per heavy atom. The number of nitrogens with one attached hydrogen (secondary N) is 1. The van der Waals surface area contributed by atoms with Crippen molar-refractivity contribution in [3.63, 3.8) is 0 Å². The van der Waals surface area contributed by atoms with Gasteiger partial charge in [0.05, 0.1) is 18.0 Å². The van der Waals surface area contributed by atoms with Crippen LogP contribution in [0, 0.1) is 0 Å². The van der Waals surface area contributed by atoms with Crippen LogP contribution in [0.25, 0.3) is 0 Å². The number of piperazine rings is 2. The van der Waals surface area contributed by atoms with E-state index in [1.54, 1.807) is 17.0 Å². The van der Waals surface area contributed by atoms with Crippen molar-refractivity contribution in [3.05, 3.63) is 29.3 Å². The molecule has 9 nitrogen and oxygen atoms in total. The molecule has 2 amide bonds. The summed E-state index contributed by atoms with van der Waals surface area (Å²) >= 11 is 5.85. The summed E-state index contributed by atoms with van der Waals surface area (Å²) in [6.45, 7) is 5.08. The van der Waals surface area contributed by atoms with Crippen molar-refractivity contribution >= 4 is 33.4 Å². The van der Waals surface area contributed by atoms with Gasteiger partial charge in [0.1, 0.15) is 0 Å². The number of hydrogen-bond donors (Lipinski definition) is 1. The summed E-state index contributed by atoms with van der Waals surface area (Å²) in [5, 5.41) is 3.49. The van der Waals surface area contributed by atoms with Gasteiger partial charge in [-0.2, -0.15) is 4.31 Å². The molecule has 2 aliphatic heterocycles. The Morgan fingerprint density at radius 3 is 2.00 bits per heavy atom. The molecule has 0 atom stereocenters. The first kappa shape index (κ1) is 23.4. The average molecular weight is 484 g/mol. The van der Waals surface area contributed by atoms with E-state index in [4.69, 9.17) is 11.6 Å². The minimum absolute atomic E-state index is 0.0217. The number of carbonyl (C=O) groups is 2. The van der Waals surface area contributed by atoms with Gasteiger partial charge in [0, 0.05) is 63.4 Å². The van der Waals surface area contributed by atoms with Crippen molar-refractivity contribution in [2.24, 2.45) is 0 Å². The van der Waals surface area contributed by atoms with Gasteiger partial charge in [0.25, 0.3) is 0 Å². The predicted octanol–water partition coefficient (Wildman–Crippen LogP) is 0.0691. The van der Waals surface area contributed by atoms with Crippen molar-refractivity contribution in [3.8, 4) is 0 Å². The maximum atomic E-state index is 12.8. The fourth-order valence-electron chi connectivity index (χ4n) is 4.03. The summed E-state index contributed by atoms with van der Waals surface area (Å²) in [5.74, 6) is 0.108. The zero-order chi connectivity index (χ0) is 22.7. The Morgan fingerprint density at radius 1 is 0.875 bits per heavy atom. The zero-order valence-electron chi connectivity index (χ0n) is 18.1. The van der Waals surface area contributed by atoms with Crippen LogP contribution in [0.3, 0.4) is 0 Å². The SMILES string of the molecule is O=C(CN1CCN(CC(=O)N2CCN(S(=O)(=O)c3ccc(Cl)cc3)CC2)CC1)NC1CC1. The summed E-state index contributed by atoms with van der Waals surface area (Å²) in [4.78, 5) is 30.9. The van der Waals surface area contributed by atoms with Crippen molar-refractivity contribution in [2.45, 2.75) is 23.8 Å². The van der Waals surface area contributed by atoms with Crippen molar-refractivity contribution in [1.29, 1.82) is 0 Å². The van der Waals surface area contributed by atoms with Gasteiger partial charge in [0.15, 0.2) is 0 Å². The van der Waals surface area contributed by atoms with Gasteiger partial charge >= 0.3 is 0 Å². The third-order valence-electron chi connectivity index (χ3n) is 6.18. The van der Waals surface area contributed by atoms with E-state index >= 15 is 0 Å². The van der Waals surface area contributed by atoms with Gasteiger partial charge in [-0.3, -0.25) is 19.4 Å². The van der Waals surface area contributed by atoms with Crippen LogP contribution < -0.4 is 5.32 Å². The van der Waals surface area contributed by atoms with Gasteiger partial charge in [-0.1, -0.05) is 11.6 Å². The summed E-state index contributed by atoms with van der Waals surface area (Å²) in [7, 11) is -3.59. The smallest absolute Gasteiger partial charge is 0.243 e. The largest absolute Gasteiger partial charge is 0.352 e. The molecule has 1 N–H and O–H groups in total. The number of sulfonamides is 1. The van der Waals surface area contributed by atoms with E-state index in [0.29, 0.717) is 37.2 Å². The fraction of sp³-hybridized carbons (Fsp3) is 0.619. The summed E-state index contributed by atoms with van der Waals surface area (Å²) in [6, 6.07) is 6.51. The highest BCUT2D eigenvalue weighted by Gasteiger charge is 2.31. The Kier molecular flexibility index (Phi) is 7.36. The lowest BCUT2D eigenvalue weighted by atomic mass is 10.3. The lowest BCUT2D eigenvalue weighted by Gasteiger charge is -2.37. The second-order valence-corrected chi connectivity index (χ2v) is 11.0. The number of halogens is 1. The molecule has 0 unspecified atom stereocenters. The molecule has 0 radical (unpaired) electrons. The normalized spacial score (nSPS) is 21.5. The first-order valence-electron chi connectivity index (χ1n) is 11.1. The second-order valence-electron chi connectivity index (χ2n) is 8.63. The van der Waals surface area contributed by atoms with Crippen molar-refractivity contribution < 1.29 is 18.0 Å². The molecule has 1 aromatic rings. The Balaban J connectivity index is 1.19. The van der Waals surface area contributed by atoms with Crippen LogP contribution in [0.15, 0.2) is 29.2 Å². The molecule has 0 aromatic heterocycles. The molecule has 1 aliphatic carbocycles. The van der Waals surface area contributed by atoms with Gasteiger partial charge in [-0.25, -0.2) is 8.42 Å². The fourth-order valence-corrected chi connectivity index (χ4v) is 5.58. The highest BCUT2D eigenvalue weighted by atomic mass is 35.5. The van der Waals surface area contributed by atoms with Crippen LogP contribution in [0.4, 0.5) is 0 Å². The van der Waals surface area contributed by atoms with Crippen molar-refractivity contribution in [2.75, 3.05) is 65.4 Å². The lowest BCUT2D eigenvalue weighted by molar-refractivity contribution is -0.134. The molecule has 2 saturated heterocycles. The first-order valence-corrected chi connectivity index (χ1v) is 12.9. The van der Waals surface area contributed by atoms with Crippen molar-refractivity contribution in [1.82, 2.24) is 24.3 Å². The topological polar surface area (TPSA) is 93.3 Å². The number of hydrogen-bond acceptors (Lipinski definition) is 6. The molecule has 4 rings (SSSR count). The van der Waals surface area contributed by atoms with Gasteiger partial charge in [-0.05, 0) is 37.1 Å². The number of carbonyl (C=O) groups excluding carboxylic acids is 2. The van der Waals surface area contributed by atoms with Crippen LogP contribution in [0.1, 0.15) is 12.8 Å². The molecule has 0 bridgehead atoms. The van der Waals surface area contributed by atoms with Crippen LogP contribution in [-0.2, 0) is 19.6 Å². The Bertz CT molecular complexity index is 922. The predicted molar refractivity (Wildman–Crippen MR) is 121 cm³/mol. The molecule has 2 heterocycles. The first-order chi connectivity index (χ1) is 15.3. The Hall–Kier alpha value is -1.72. The average Bonchev–Trinajstić information content (AvgIpc) is 3.59. The summed E-state index contributed by atoms with van der Waals surface area (Å²) in [5.41, 5.74) is 0. The minimum atomic E-state index is -3.59. The van der Waals surface area contributed by atoms with E-state index in [0.717, 1.165) is 39.0 Å². The molecule has 32 heavy (non-hydrogen) atoms. The highest BCUT2D eigenvalue weighted by molar-refractivity contribution is 7.89. The molecule has 1 aromatic carbocycles. The molecule has 11 heteroatoms. The molecule has 176 valence electrons. The Labute approximate surface area is 194 Å². The molecular formula is C21H30ClN5O4S. The summed E-state index contributed by atoms with van der Waals surface area (Å²) in [6.07, 6.45) is 2.17. The number of nitrogens with zero attached hydrogens (tertiary/aromatic N) is 4.